The minimum absolute atomic E-state index is 0.244. The highest BCUT2D eigenvalue weighted by Crippen LogP contribution is 2.39. The van der Waals surface area contributed by atoms with Crippen LogP contribution in [0.4, 0.5) is 11.4 Å². The van der Waals surface area contributed by atoms with Gasteiger partial charge < -0.3 is 28.8 Å². The summed E-state index contributed by atoms with van der Waals surface area (Å²) in [6.45, 7) is 7.72. The fourth-order valence-electron chi connectivity index (χ4n) is 3.52. The first-order valence-corrected chi connectivity index (χ1v) is 10.3. The van der Waals surface area contributed by atoms with Crippen molar-refractivity contribution in [3.05, 3.63) is 48.2 Å². The van der Waals surface area contributed by atoms with Gasteiger partial charge in [0.25, 0.3) is 5.91 Å². The van der Waals surface area contributed by atoms with E-state index in [2.05, 4.69) is 10.2 Å². The van der Waals surface area contributed by atoms with Gasteiger partial charge in [-0.15, -0.1) is 0 Å². The Bertz CT molecular complexity index is 991. The van der Waals surface area contributed by atoms with E-state index in [0.29, 0.717) is 49.2 Å². The molecule has 0 radical (unpaired) electrons. The quantitative estimate of drug-likeness (QED) is 0.625. The summed E-state index contributed by atoms with van der Waals surface area (Å²) < 4.78 is 22.9. The summed E-state index contributed by atoms with van der Waals surface area (Å²) in [7, 11) is 0. The van der Waals surface area contributed by atoms with Crippen LogP contribution in [0.5, 0.6) is 11.5 Å². The third-order valence-electron chi connectivity index (χ3n) is 4.91. The molecule has 1 N–H and O–H groups in total. The van der Waals surface area contributed by atoms with Crippen molar-refractivity contribution >= 4 is 28.3 Å². The Labute approximate surface area is 175 Å². The van der Waals surface area contributed by atoms with Crippen LogP contribution in [-0.2, 0) is 4.74 Å². The van der Waals surface area contributed by atoms with E-state index in [9.17, 15) is 4.79 Å². The van der Waals surface area contributed by atoms with Gasteiger partial charge in [0.1, 0.15) is 17.1 Å². The number of fused-ring (bicyclic) bond motifs is 1. The molecule has 1 fully saturated rings. The zero-order chi connectivity index (χ0) is 20.9. The Hall–Kier alpha value is -3.19. The fraction of sp³-hybridized carbons (Fsp3) is 0.348. The van der Waals surface area contributed by atoms with E-state index < -0.39 is 0 Å². The molecule has 2 heterocycles. The van der Waals surface area contributed by atoms with Gasteiger partial charge in [0.2, 0.25) is 0 Å². The number of amides is 1. The molecule has 4 rings (SSSR count). The van der Waals surface area contributed by atoms with Crippen LogP contribution < -0.4 is 19.7 Å². The van der Waals surface area contributed by atoms with Gasteiger partial charge in [0.05, 0.1) is 37.8 Å². The van der Waals surface area contributed by atoms with E-state index in [1.807, 2.05) is 50.2 Å². The summed E-state index contributed by atoms with van der Waals surface area (Å²) in [4.78, 5) is 15.1. The lowest BCUT2D eigenvalue weighted by Gasteiger charge is -2.31. The van der Waals surface area contributed by atoms with Gasteiger partial charge in [0.15, 0.2) is 5.76 Å². The molecule has 0 unspecified atom stereocenters. The van der Waals surface area contributed by atoms with E-state index in [-0.39, 0.29) is 11.7 Å². The Morgan fingerprint density at radius 2 is 1.77 bits per heavy atom. The van der Waals surface area contributed by atoms with Crippen molar-refractivity contribution in [3.8, 4) is 11.5 Å². The van der Waals surface area contributed by atoms with Crippen LogP contribution in [0.1, 0.15) is 24.4 Å². The lowest BCUT2D eigenvalue weighted by atomic mass is 10.2. The second-order valence-electron chi connectivity index (χ2n) is 6.88. The number of rotatable bonds is 7. The summed E-state index contributed by atoms with van der Waals surface area (Å²) in [6, 6.07) is 13.0. The monoisotopic (exact) mass is 410 g/mol. The normalized spacial score (nSPS) is 14.0. The molecule has 3 aromatic rings. The lowest BCUT2D eigenvalue weighted by Crippen LogP contribution is -2.36. The van der Waals surface area contributed by atoms with Crippen molar-refractivity contribution in [3.63, 3.8) is 0 Å². The highest BCUT2D eigenvalue weighted by atomic mass is 16.5. The number of hydrogen-bond acceptors (Lipinski definition) is 6. The van der Waals surface area contributed by atoms with Crippen molar-refractivity contribution in [2.24, 2.45) is 0 Å². The van der Waals surface area contributed by atoms with Crippen molar-refractivity contribution in [1.82, 2.24) is 0 Å². The Morgan fingerprint density at radius 1 is 1.03 bits per heavy atom. The lowest BCUT2D eigenvalue weighted by molar-refractivity contribution is 0.0998. The van der Waals surface area contributed by atoms with E-state index in [1.54, 1.807) is 6.07 Å². The number of nitrogens with one attached hydrogen (secondary N) is 1. The molecule has 1 aliphatic heterocycles. The molecule has 0 aliphatic carbocycles. The van der Waals surface area contributed by atoms with E-state index in [1.165, 1.54) is 0 Å². The minimum atomic E-state index is -0.339. The van der Waals surface area contributed by atoms with Crippen LogP contribution >= 0.6 is 0 Å². The Morgan fingerprint density at radius 3 is 2.50 bits per heavy atom. The number of benzene rings is 2. The molecule has 1 saturated heterocycles. The van der Waals surface area contributed by atoms with Crippen LogP contribution in [-0.4, -0.2) is 45.4 Å². The Kier molecular flexibility index (Phi) is 6.09. The molecule has 1 aliphatic rings. The number of carbonyl (C=O) groups is 1. The molecule has 2 aromatic carbocycles. The highest BCUT2D eigenvalue weighted by molar-refractivity contribution is 6.05. The van der Waals surface area contributed by atoms with Crippen molar-refractivity contribution in [2.75, 3.05) is 49.7 Å². The zero-order valence-electron chi connectivity index (χ0n) is 17.3. The highest BCUT2D eigenvalue weighted by Gasteiger charge is 2.21. The third-order valence-corrected chi connectivity index (χ3v) is 4.91. The van der Waals surface area contributed by atoms with Gasteiger partial charge in [0, 0.05) is 30.6 Å². The SMILES string of the molecule is CCOc1cc(N2CCOCC2)c(OCC)cc1NC(=O)c1cc2ccccc2o1. The molecule has 0 saturated carbocycles. The molecule has 1 aromatic heterocycles. The summed E-state index contributed by atoms with van der Waals surface area (Å²) in [5.74, 6) is 1.19. The molecular formula is C23H26N2O5. The molecular weight excluding hydrogens is 384 g/mol. The number of ether oxygens (including phenoxy) is 3. The smallest absolute Gasteiger partial charge is 0.291 e. The van der Waals surface area contributed by atoms with E-state index >= 15 is 0 Å². The zero-order valence-corrected chi connectivity index (χ0v) is 17.3. The van der Waals surface area contributed by atoms with Gasteiger partial charge in [-0.2, -0.15) is 0 Å². The predicted molar refractivity (Wildman–Crippen MR) is 116 cm³/mol. The van der Waals surface area contributed by atoms with Gasteiger partial charge in [-0.3, -0.25) is 4.79 Å². The number of para-hydroxylation sites is 1. The number of anilines is 2. The number of carbonyl (C=O) groups excluding carboxylic acids is 1. The van der Waals surface area contributed by atoms with E-state index in [0.717, 1.165) is 24.2 Å². The summed E-state index contributed by atoms with van der Waals surface area (Å²) in [5.41, 5.74) is 2.15. The van der Waals surface area contributed by atoms with Crippen LogP contribution in [0.25, 0.3) is 11.0 Å². The Balaban J connectivity index is 1.66. The molecule has 7 heteroatoms. The van der Waals surface area contributed by atoms with Crippen LogP contribution in [0.3, 0.4) is 0 Å². The standard InChI is InChI=1S/C23H26N2O5/c1-3-28-20-15-18(25-9-11-27-12-10-25)21(29-4-2)14-17(20)24-23(26)22-13-16-7-5-6-8-19(16)30-22/h5-8,13-15H,3-4,9-12H2,1-2H3,(H,24,26). The molecule has 30 heavy (non-hydrogen) atoms. The number of nitrogens with zero attached hydrogens (tertiary/aromatic N) is 1. The number of furan rings is 1. The summed E-state index contributed by atoms with van der Waals surface area (Å²) >= 11 is 0. The first-order valence-electron chi connectivity index (χ1n) is 10.3. The van der Waals surface area contributed by atoms with Gasteiger partial charge in [-0.1, -0.05) is 18.2 Å². The first kappa shape index (κ1) is 20.1. The van der Waals surface area contributed by atoms with Crippen molar-refractivity contribution < 1.29 is 23.4 Å². The summed E-state index contributed by atoms with van der Waals surface area (Å²) in [6.07, 6.45) is 0. The van der Waals surface area contributed by atoms with Crippen LogP contribution in [0.15, 0.2) is 46.9 Å². The van der Waals surface area contributed by atoms with Gasteiger partial charge in [-0.25, -0.2) is 0 Å². The average Bonchev–Trinajstić information content (AvgIpc) is 3.21. The maximum Gasteiger partial charge on any atom is 0.291 e. The topological polar surface area (TPSA) is 73.2 Å². The van der Waals surface area contributed by atoms with Crippen molar-refractivity contribution in [1.29, 1.82) is 0 Å². The largest absolute Gasteiger partial charge is 0.492 e. The molecule has 7 nitrogen and oxygen atoms in total. The molecule has 0 spiro atoms. The molecule has 158 valence electrons. The predicted octanol–water partition coefficient (Wildman–Crippen LogP) is 4.32. The first-order chi connectivity index (χ1) is 14.7. The van der Waals surface area contributed by atoms with Crippen LogP contribution in [0, 0.1) is 0 Å². The van der Waals surface area contributed by atoms with Crippen LogP contribution in [0.2, 0.25) is 0 Å². The van der Waals surface area contributed by atoms with E-state index in [4.69, 9.17) is 18.6 Å². The minimum Gasteiger partial charge on any atom is -0.492 e. The fourth-order valence-corrected chi connectivity index (χ4v) is 3.52. The maximum absolute atomic E-state index is 12.9. The van der Waals surface area contributed by atoms with Crippen molar-refractivity contribution in [2.45, 2.75) is 13.8 Å². The summed E-state index contributed by atoms with van der Waals surface area (Å²) in [5, 5.41) is 3.80. The third kappa shape index (κ3) is 4.21. The average molecular weight is 410 g/mol. The maximum atomic E-state index is 12.9. The van der Waals surface area contributed by atoms with Gasteiger partial charge in [-0.05, 0) is 26.0 Å². The second kappa shape index (κ2) is 9.09. The molecule has 1 amide bonds. The number of hydrogen-bond donors (Lipinski definition) is 1. The van der Waals surface area contributed by atoms with Gasteiger partial charge >= 0.3 is 0 Å². The molecule has 0 atom stereocenters. The second-order valence-corrected chi connectivity index (χ2v) is 6.88. The molecule has 0 bridgehead atoms. The number of morpholine rings is 1.